The van der Waals surface area contributed by atoms with Crippen LogP contribution < -0.4 is 0 Å². The number of ether oxygens (including phenoxy) is 4. The van der Waals surface area contributed by atoms with Crippen molar-refractivity contribution in [1.82, 2.24) is 0 Å². The highest BCUT2D eigenvalue weighted by atomic mass is 16.7. The van der Waals surface area contributed by atoms with Crippen molar-refractivity contribution in [2.75, 3.05) is 13.2 Å². The number of aldehydes is 1. The van der Waals surface area contributed by atoms with Gasteiger partial charge in [-0.05, 0) is 105 Å². The van der Waals surface area contributed by atoms with Gasteiger partial charge in [0.1, 0.15) is 55.1 Å². The van der Waals surface area contributed by atoms with Gasteiger partial charge >= 0.3 is 5.97 Å². The van der Waals surface area contributed by atoms with Crippen molar-refractivity contribution in [2.45, 2.75) is 179 Å². The molecule has 6 fully saturated rings. The summed E-state index contributed by atoms with van der Waals surface area (Å²) < 4.78 is 23.4. The van der Waals surface area contributed by atoms with E-state index in [4.69, 9.17) is 18.9 Å². The van der Waals surface area contributed by atoms with Crippen molar-refractivity contribution < 1.29 is 79.6 Å². The standard InChI is InChI=1S/C41H68O16/c1-19(14-20(44)32(51)37(4,5)53)26(33(52)57-35-31(50)29(48)28(47)22(15-42)55-35)38(6)12-13-41-17-40(41)11-10-25(56-34-30(49)27(46)21(45)16-54-34)36(2,3)23(40)8-9-24(41)39(38,7)18-43/h18-32,34-35,42,44-51,53H,8-17H2,1-7H3/t19-,20?,21-,22-,23+,24+,25+,26+,27+,28-,29+,30-,31-,32?,34+,35+,38-,39+,40-,41+/m1/s1. The van der Waals surface area contributed by atoms with Gasteiger partial charge in [0.15, 0.2) is 6.29 Å². The summed E-state index contributed by atoms with van der Waals surface area (Å²) in [6.07, 6.45) is -11.3. The molecule has 6 aliphatic rings. The maximum absolute atomic E-state index is 14.7. The van der Waals surface area contributed by atoms with E-state index in [1.165, 1.54) is 13.8 Å². The fourth-order valence-electron chi connectivity index (χ4n) is 13.1. The first-order chi connectivity index (χ1) is 26.4. The highest BCUT2D eigenvalue weighted by Gasteiger charge is 2.82. The third-order valence-electron chi connectivity index (χ3n) is 16.5. The molecule has 0 radical (unpaired) electrons. The molecule has 2 unspecified atom stereocenters. The number of aliphatic hydroxyl groups excluding tert-OH is 9. The fraction of sp³-hybridized carbons (Fsp3) is 0.951. The monoisotopic (exact) mass is 816 g/mol. The lowest BCUT2D eigenvalue weighted by atomic mass is 9.40. The van der Waals surface area contributed by atoms with Crippen LogP contribution in [0.1, 0.15) is 99.8 Å². The van der Waals surface area contributed by atoms with Gasteiger partial charge in [-0.2, -0.15) is 0 Å². The zero-order valence-corrected chi connectivity index (χ0v) is 34.3. The lowest BCUT2D eigenvalue weighted by Crippen LogP contribution is -2.63. The van der Waals surface area contributed by atoms with Gasteiger partial charge in [0.2, 0.25) is 6.29 Å². The molecule has 328 valence electrons. The predicted octanol–water partition coefficient (Wildman–Crippen LogP) is -0.483. The highest BCUT2D eigenvalue weighted by Crippen LogP contribution is 2.87. The zero-order chi connectivity index (χ0) is 42.4. The van der Waals surface area contributed by atoms with Crippen LogP contribution in [0.25, 0.3) is 0 Å². The van der Waals surface area contributed by atoms with Crippen molar-refractivity contribution >= 4 is 12.3 Å². The molecule has 6 rings (SSSR count). The fourth-order valence-corrected chi connectivity index (χ4v) is 13.1. The van der Waals surface area contributed by atoms with Crippen LogP contribution in [0.15, 0.2) is 0 Å². The number of rotatable bonds is 12. The molecule has 0 amide bonds. The van der Waals surface area contributed by atoms with Crippen molar-refractivity contribution in [3.05, 3.63) is 0 Å². The quantitative estimate of drug-likeness (QED) is 0.0677. The minimum Gasteiger partial charge on any atom is -0.432 e. The van der Waals surface area contributed by atoms with Gasteiger partial charge in [-0.3, -0.25) is 4.79 Å². The van der Waals surface area contributed by atoms with Gasteiger partial charge in [-0.25, -0.2) is 0 Å². The molecule has 0 aromatic carbocycles. The molecule has 2 aliphatic heterocycles. The Kier molecular flexibility index (Phi) is 12.3. The summed E-state index contributed by atoms with van der Waals surface area (Å²) in [7, 11) is 0. The topological polar surface area (TPSA) is 273 Å². The summed E-state index contributed by atoms with van der Waals surface area (Å²) in [6.45, 7) is 11.6. The Balaban J connectivity index is 1.29. The first kappa shape index (κ1) is 45.2. The van der Waals surface area contributed by atoms with E-state index in [0.717, 1.165) is 25.5 Å². The lowest BCUT2D eigenvalue weighted by molar-refractivity contribution is -0.303. The van der Waals surface area contributed by atoms with Gasteiger partial charge < -0.3 is 74.8 Å². The van der Waals surface area contributed by atoms with Crippen molar-refractivity contribution in [3.8, 4) is 0 Å². The second-order valence-corrected chi connectivity index (χ2v) is 20.2. The molecule has 4 aliphatic carbocycles. The summed E-state index contributed by atoms with van der Waals surface area (Å²) >= 11 is 0. The smallest absolute Gasteiger partial charge is 0.312 e. The van der Waals surface area contributed by atoms with Gasteiger partial charge in [0, 0.05) is 5.41 Å². The molecule has 20 atom stereocenters. The van der Waals surface area contributed by atoms with Crippen molar-refractivity contribution in [2.24, 2.45) is 50.7 Å². The minimum atomic E-state index is -1.86. The number of hydrogen-bond acceptors (Lipinski definition) is 16. The SMILES string of the molecule is C[C@H](CC(O)C(O)C(C)(C)O)[C@@H](C(=O)O[C@@H]1O[C@H](CO)[C@@H](O)[C@H](O)[C@H]1O)[C@@]1(C)CC[C@@]23C[C@@]24CC[C@H](O[C@@H]2OC[C@@H](O)[C@H](O)[C@H]2O)C(C)(C)[C@@H]4CC[C@H]3[C@]1(C)C=O. The normalized spacial score (nSPS) is 48.9. The molecule has 57 heavy (non-hydrogen) atoms. The molecular formula is C41H68O16. The van der Waals surface area contributed by atoms with Crippen LogP contribution in [0.4, 0.5) is 0 Å². The maximum atomic E-state index is 14.7. The Labute approximate surface area is 334 Å². The Morgan fingerprint density at radius 3 is 2.09 bits per heavy atom. The molecule has 2 spiro atoms. The van der Waals surface area contributed by atoms with Crippen molar-refractivity contribution in [3.63, 3.8) is 0 Å². The van der Waals surface area contributed by atoms with Crippen molar-refractivity contribution in [1.29, 1.82) is 0 Å². The van der Waals surface area contributed by atoms with E-state index in [9.17, 15) is 60.7 Å². The van der Waals surface area contributed by atoms with Gasteiger partial charge in [0.05, 0.1) is 36.9 Å². The molecule has 0 aromatic rings. The minimum absolute atomic E-state index is 0.127. The van der Waals surface area contributed by atoms with E-state index >= 15 is 0 Å². The van der Waals surface area contributed by atoms with Crippen LogP contribution in [0.3, 0.4) is 0 Å². The van der Waals surface area contributed by atoms with E-state index in [2.05, 4.69) is 13.8 Å². The van der Waals surface area contributed by atoms with Crippen LogP contribution in [-0.4, -0.2) is 156 Å². The average molecular weight is 817 g/mol. The molecule has 16 heteroatoms. The summed E-state index contributed by atoms with van der Waals surface area (Å²) in [5, 5.41) is 105. The summed E-state index contributed by atoms with van der Waals surface area (Å²) in [5.41, 5.74) is -4.66. The van der Waals surface area contributed by atoms with Crippen LogP contribution in [0.2, 0.25) is 0 Å². The van der Waals surface area contributed by atoms with Gasteiger partial charge in [-0.15, -0.1) is 0 Å². The van der Waals surface area contributed by atoms with E-state index in [1.807, 2.05) is 13.8 Å². The Bertz CT molecular complexity index is 1470. The van der Waals surface area contributed by atoms with E-state index in [0.29, 0.717) is 25.7 Å². The Morgan fingerprint density at radius 1 is 0.860 bits per heavy atom. The molecular weight excluding hydrogens is 748 g/mol. The van der Waals surface area contributed by atoms with Crippen LogP contribution in [0.5, 0.6) is 0 Å². The third kappa shape index (κ3) is 7.04. The molecule has 0 bridgehead atoms. The van der Waals surface area contributed by atoms with Gasteiger partial charge in [0.25, 0.3) is 0 Å². The molecule has 4 saturated carbocycles. The van der Waals surface area contributed by atoms with E-state index < -0.39 is 114 Å². The molecule has 2 heterocycles. The summed E-state index contributed by atoms with van der Waals surface area (Å²) in [6, 6.07) is 0. The van der Waals surface area contributed by atoms with Gasteiger partial charge in [-0.1, -0.05) is 34.6 Å². The molecule has 0 aromatic heterocycles. The number of hydrogen-bond donors (Lipinski definition) is 10. The van der Waals surface area contributed by atoms with Crippen LogP contribution in [0, 0.1) is 50.7 Å². The number of esters is 1. The average Bonchev–Trinajstić information content (AvgIpc) is 3.82. The Morgan fingerprint density at radius 2 is 1.47 bits per heavy atom. The summed E-state index contributed by atoms with van der Waals surface area (Å²) in [5.74, 6) is -2.76. The first-order valence-electron chi connectivity index (χ1n) is 20.8. The molecule has 2 saturated heterocycles. The van der Waals surface area contributed by atoms with E-state index in [-0.39, 0.29) is 41.8 Å². The second kappa shape index (κ2) is 15.5. The lowest BCUT2D eigenvalue weighted by Gasteiger charge is -2.64. The maximum Gasteiger partial charge on any atom is 0.312 e. The van der Waals surface area contributed by atoms with E-state index in [1.54, 1.807) is 6.92 Å². The van der Waals surface area contributed by atoms with Crippen LogP contribution >= 0.6 is 0 Å². The highest BCUT2D eigenvalue weighted by molar-refractivity contribution is 5.76. The predicted molar refractivity (Wildman–Crippen MR) is 198 cm³/mol. The first-order valence-corrected chi connectivity index (χ1v) is 20.8. The molecule has 16 nitrogen and oxygen atoms in total. The number of aliphatic hydroxyl groups is 10. The largest absolute Gasteiger partial charge is 0.432 e. The number of carbonyl (C=O) groups excluding carboxylic acids is 2. The zero-order valence-electron chi connectivity index (χ0n) is 34.3. The molecule has 10 N–H and O–H groups in total. The van der Waals surface area contributed by atoms with Crippen LogP contribution in [-0.2, 0) is 28.5 Å². The second-order valence-electron chi connectivity index (χ2n) is 20.2. The third-order valence-corrected chi connectivity index (χ3v) is 16.5. The Hall–Kier alpha value is -1.38. The summed E-state index contributed by atoms with van der Waals surface area (Å²) in [4.78, 5) is 28.5. The number of carbonyl (C=O) groups is 2.